The second-order valence-corrected chi connectivity index (χ2v) is 9.21. The number of carbonyl (C=O) groups excluding carboxylic acids is 1. The predicted octanol–water partition coefficient (Wildman–Crippen LogP) is 3.08. The molecule has 9 nitrogen and oxygen atoms in total. The van der Waals surface area contributed by atoms with Gasteiger partial charge in [-0.05, 0) is 30.7 Å². The summed E-state index contributed by atoms with van der Waals surface area (Å²) in [5.74, 6) is -2.94. The number of carbonyl (C=O) groups is 1. The second-order valence-electron chi connectivity index (χ2n) is 8.80. The fraction of sp³-hybridized carbons (Fsp3) is 0.391. The minimum absolute atomic E-state index is 0.0454. The number of halogens is 3. The lowest BCUT2D eigenvalue weighted by Crippen LogP contribution is -2.41. The fourth-order valence-corrected chi connectivity index (χ4v) is 4.85. The molecule has 35 heavy (non-hydrogen) atoms. The Morgan fingerprint density at radius 1 is 1.34 bits per heavy atom. The first-order valence-electron chi connectivity index (χ1n) is 11.1. The number of aryl methyl sites for hydroxylation is 1. The van der Waals surface area contributed by atoms with Crippen LogP contribution in [0.5, 0.6) is 5.75 Å². The van der Waals surface area contributed by atoms with Gasteiger partial charge < -0.3 is 24.8 Å². The van der Waals surface area contributed by atoms with Crippen LogP contribution < -0.4 is 25.8 Å². The molecular weight excluding hydrogens is 482 g/mol. The van der Waals surface area contributed by atoms with Gasteiger partial charge in [0.25, 0.3) is 17.4 Å². The number of piperidine rings is 1. The first-order chi connectivity index (χ1) is 16.7. The third kappa shape index (κ3) is 4.24. The molecule has 2 atom stereocenters. The van der Waals surface area contributed by atoms with Crippen LogP contribution in [0.4, 0.5) is 26.2 Å². The van der Waals surface area contributed by atoms with Gasteiger partial charge in [-0.25, -0.2) is 13.8 Å². The molecule has 3 aromatic rings. The number of amides is 1. The number of alkyl halides is 2. The molecule has 2 N–H and O–H groups in total. The lowest BCUT2D eigenvalue weighted by atomic mass is 10.1. The van der Waals surface area contributed by atoms with Crippen LogP contribution in [0.15, 0.2) is 35.3 Å². The molecule has 5 rings (SSSR count). The topological polar surface area (TPSA) is 101 Å². The number of pyridine rings is 1. The number of ether oxygens (including phenoxy) is 1. The van der Waals surface area contributed by atoms with Crippen LogP contribution in [0.25, 0.3) is 10.9 Å². The average molecular weight is 505 g/mol. The highest BCUT2D eigenvalue weighted by Crippen LogP contribution is 2.49. The van der Waals surface area contributed by atoms with Gasteiger partial charge in [0.1, 0.15) is 5.02 Å². The Kier molecular flexibility index (Phi) is 5.74. The summed E-state index contributed by atoms with van der Waals surface area (Å²) in [6, 6.07) is 6.60. The summed E-state index contributed by atoms with van der Waals surface area (Å²) >= 11 is 6.32. The molecule has 2 fully saturated rings. The van der Waals surface area contributed by atoms with Crippen molar-refractivity contribution in [3.8, 4) is 5.75 Å². The van der Waals surface area contributed by atoms with Crippen LogP contribution in [0.2, 0.25) is 5.02 Å². The van der Waals surface area contributed by atoms with Crippen LogP contribution in [0, 0.1) is 5.92 Å². The molecule has 1 saturated carbocycles. The van der Waals surface area contributed by atoms with E-state index in [-0.39, 0.29) is 47.9 Å². The van der Waals surface area contributed by atoms with Crippen molar-refractivity contribution in [1.82, 2.24) is 19.9 Å². The lowest BCUT2D eigenvalue weighted by molar-refractivity contribution is -0.122. The fourth-order valence-electron chi connectivity index (χ4n) is 4.71. The summed E-state index contributed by atoms with van der Waals surface area (Å²) in [6.45, 7) is -0.0691. The molecule has 12 heteroatoms. The van der Waals surface area contributed by atoms with E-state index in [9.17, 15) is 18.4 Å². The van der Waals surface area contributed by atoms with Gasteiger partial charge in [0.15, 0.2) is 18.2 Å². The molecule has 2 bridgehead atoms. The maximum Gasteiger partial charge on any atom is 0.293 e. The molecule has 184 valence electrons. The van der Waals surface area contributed by atoms with Gasteiger partial charge in [-0.1, -0.05) is 11.6 Å². The van der Waals surface area contributed by atoms with Gasteiger partial charge >= 0.3 is 0 Å². The number of rotatable bonds is 6. The van der Waals surface area contributed by atoms with Gasteiger partial charge in [-0.15, -0.1) is 0 Å². The van der Waals surface area contributed by atoms with Crippen LogP contribution in [-0.2, 0) is 11.8 Å². The Labute approximate surface area is 204 Å². The number of aromatic nitrogens is 3. The maximum atomic E-state index is 13.9. The molecule has 3 heterocycles. The normalized spacial score (nSPS) is 20.3. The number of anilines is 3. The van der Waals surface area contributed by atoms with Crippen molar-refractivity contribution in [3.05, 3.63) is 45.8 Å². The molecular formula is C23H23ClF2N6O3. The number of fused-ring (bicyclic) bond motifs is 3. The Morgan fingerprint density at radius 2 is 2.14 bits per heavy atom. The van der Waals surface area contributed by atoms with Crippen LogP contribution in [0.3, 0.4) is 0 Å². The van der Waals surface area contributed by atoms with Crippen molar-refractivity contribution in [3.63, 3.8) is 0 Å². The minimum atomic E-state index is -2.64. The Morgan fingerprint density at radius 3 is 2.83 bits per heavy atom. The quantitative estimate of drug-likeness (QED) is 0.532. The zero-order chi connectivity index (χ0) is 24.9. The van der Waals surface area contributed by atoms with Crippen LogP contribution in [0.1, 0.15) is 12.8 Å². The molecule has 1 aliphatic heterocycles. The molecule has 1 aliphatic carbocycles. The van der Waals surface area contributed by atoms with Crippen molar-refractivity contribution in [2.75, 3.05) is 30.4 Å². The van der Waals surface area contributed by atoms with Gasteiger partial charge in [-0.2, -0.15) is 4.98 Å². The van der Waals surface area contributed by atoms with E-state index in [2.05, 4.69) is 20.6 Å². The number of hydrogen-bond donors (Lipinski definition) is 2. The predicted molar refractivity (Wildman–Crippen MR) is 128 cm³/mol. The van der Waals surface area contributed by atoms with Crippen molar-refractivity contribution in [2.24, 2.45) is 13.0 Å². The summed E-state index contributed by atoms with van der Waals surface area (Å²) < 4.78 is 34.7. The number of hydrogen-bond acceptors (Lipinski definition) is 7. The number of likely N-dealkylation sites (N-methyl/N-ethyl adjacent to an activating group) is 1. The summed E-state index contributed by atoms with van der Waals surface area (Å²) in [7, 11) is 3.10. The van der Waals surface area contributed by atoms with Crippen molar-refractivity contribution >= 4 is 45.9 Å². The molecule has 2 aromatic heterocycles. The second kappa shape index (κ2) is 8.63. The maximum absolute atomic E-state index is 13.9. The summed E-state index contributed by atoms with van der Waals surface area (Å²) in [6.07, 6.45) is 1.68. The van der Waals surface area contributed by atoms with E-state index in [1.54, 1.807) is 31.3 Å². The molecule has 1 amide bonds. The van der Waals surface area contributed by atoms with Gasteiger partial charge in [0, 0.05) is 50.1 Å². The molecule has 1 aromatic carbocycles. The van der Waals surface area contributed by atoms with Crippen molar-refractivity contribution < 1.29 is 18.3 Å². The van der Waals surface area contributed by atoms with E-state index in [0.717, 1.165) is 0 Å². The zero-order valence-electron chi connectivity index (χ0n) is 19.0. The third-order valence-electron chi connectivity index (χ3n) is 6.60. The van der Waals surface area contributed by atoms with Crippen molar-refractivity contribution in [2.45, 2.75) is 24.8 Å². The van der Waals surface area contributed by atoms with E-state index < -0.39 is 11.8 Å². The van der Waals surface area contributed by atoms with E-state index in [1.165, 1.54) is 17.8 Å². The first-order valence-corrected chi connectivity index (χ1v) is 11.5. The third-order valence-corrected chi connectivity index (χ3v) is 6.88. The standard InChI is InChI=1S/C23H23ClF2N6O3/c1-27-19(33)11-35-18-6-12-5-14(3-4-17(12)31(2)21(18)34)29-20-16(24)9-28-22(30-20)32-10-13-7-15(32)8-23(13,25)26/h3-6,9,13,15H,7-8,10-11H2,1-2H3,(H,27,33)(H,28,29,30). The smallest absolute Gasteiger partial charge is 0.293 e. The van der Waals surface area contributed by atoms with E-state index in [4.69, 9.17) is 16.3 Å². The highest BCUT2D eigenvalue weighted by atomic mass is 35.5. The van der Waals surface area contributed by atoms with Crippen LogP contribution in [-0.4, -0.2) is 52.6 Å². The molecule has 1 saturated heterocycles. The van der Waals surface area contributed by atoms with Gasteiger partial charge in [0.2, 0.25) is 5.95 Å². The number of benzene rings is 1. The Bertz CT molecular complexity index is 1380. The first kappa shape index (κ1) is 23.3. The molecule has 0 radical (unpaired) electrons. The highest BCUT2D eigenvalue weighted by molar-refractivity contribution is 6.32. The van der Waals surface area contributed by atoms with Crippen LogP contribution >= 0.6 is 11.6 Å². The zero-order valence-corrected chi connectivity index (χ0v) is 19.8. The Hall–Kier alpha value is -3.47. The summed E-state index contributed by atoms with van der Waals surface area (Å²) in [5.41, 5.74) is 0.932. The monoisotopic (exact) mass is 504 g/mol. The number of nitrogens with zero attached hydrogens (tertiary/aromatic N) is 4. The molecule has 2 unspecified atom stereocenters. The minimum Gasteiger partial charge on any atom is -0.478 e. The SMILES string of the molecule is CNC(=O)COc1cc2cc(Nc3nc(N4CC5CC4CC5(F)F)ncc3Cl)ccc2n(C)c1=O. The largest absolute Gasteiger partial charge is 0.478 e. The van der Waals surface area contributed by atoms with E-state index in [1.807, 2.05) is 4.90 Å². The Balaban J connectivity index is 1.41. The lowest BCUT2D eigenvalue weighted by Gasteiger charge is -2.31. The summed E-state index contributed by atoms with van der Waals surface area (Å²) in [5, 5.41) is 6.55. The average Bonchev–Trinajstić information content (AvgIpc) is 3.38. The summed E-state index contributed by atoms with van der Waals surface area (Å²) in [4.78, 5) is 34.7. The van der Waals surface area contributed by atoms with Gasteiger partial charge in [-0.3, -0.25) is 9.59 Å². The van der Waals surface area contributed by atoms with E-state index in [0.29, 0.717) is 34.8 Å². The molecule has 2 aliphatic rings. The highest BCUT2D eigenvalue weighted by Gasteiger charge is 2.56. The molecule has 0 spiro atoms. The van der Waals surface area contributed by atoms with Crippen molar-refractivity contribution in [1.29, 1.82) is 0 Å². The number of nitrogens with one attached hydrogen (secondary N) is 2. The van der Waals surface area contributed by atoms with E-state index >= 15 is 0 Å². The van der Waals surface area contributed by atoms with Gasteiger partial charge in [0.05, 0.1) is 11.7 Å².